The lowest BCUT2D eigenvalue weighted by Gasteiger charge is -2.09. The van der Waals surface area contributed by atoms with Crippen molar-refractivity contribution in [2.24, 2.45) is 10.1 Å². The zero-order valence-corrected chi connectivity index (χ0v) is 8.19. The van der Waals surface area contributed by atoms with Crippen LogP contribution in [-0.4, -0.2) is 30.7 Å². The van der Waals surface area contributed by atoms with E-state index in [1.54, 1.807) is 0 Å². The second kappa shape index (κ2) is 9.47. The number of aliphatic imine (C=N–C) groups is 1. The Morgan fingerprint density at radius 1 is 1.18 bits per heavy atom. The van der Waals surface area contributed by atoms with Gasteiger partial charge in [0.25, 0.3) is 0 Å². The molecule has 3 nitrogen and oxygen atoms in total. The topological polar surface area (TPSA) is 28.0 Å². The molecular formula is C7H16ClN3. The molecule has 0 atom stereocenters. The molecule has 0 fully saturated rings. The molecular weight excluding hydrogens is 162 g/mol. The standard InChI is InChI=1S/C7H15N3.ClH/c1-4-8-7-9-10(5-2)6-3;/h4-6H2,1-3H3;1H. The first-order chi connectivity index (χ1) is 4.85. The Morgan fingerprint density at radius 3 is 2.09 bits per heavy atom. The van der Waals surface area contributed by atoms with Gasteiger partial charge in [0.2, 0.25) is 0 Å². The molecule has 66 valence electrons. The SMILES string of the molecule is CCN=C=NN(CC)CC.Cl. The lowest BCUT2D eigenvalue weighted by atomic mass is 10.6. The lowest BCUT2D eigenvalue weighted by molar-refractivity contribution is 0.323. The van der Waals surface area contributed by atoms with Gasteiger partial charge in [0, 0.05) is 19.6 Å². The minimum atomic E-state index is 0. The van der Waals surface area contributed by atoms with Crippen molar-refractivity contribution >= 4 is 18.4 Å². The normalized spacial score (nSPS) is 7.55. The minimum absolute atomic E-state index is 0. The second-order valence-corrected chi connectivity index (χ2v) is 1.81. The Kier molecular flexibility index (Phi) is 11.3. The smallest absolute Gasteiger partial charge is 0.114 e. The van der Waals surface area contributed by atoms with Crippen LogP contribution in [0.3, 0.4) is 0 Å². The third-order valence-corrected chi connectivity index (χ3v) is 1.15. The van der Waals surface area contributed by atoms with Crippen LogP contribution in [0.1, 0.15) is 20.8 Å². The second-order valence-electron chi connectivity index (χ2n) is 1.81. The van der Waals surface area contributed by atoms with Crippen molar-refractivity contribution in [3.8, 4) is 0 Å². The molecule has 0 radical (unpaired) electrons. The molecule has 0 aliphatic heterocycles. The number of halogens is 1. The van der Waals surface area contributed by atoms with E-state index >= 15 is 0 Å². The number of rotatable bonds is 4. The molecule has 11 heavy (non-hydrogen) atoms. The summed E-state index contributed by atoms with van der Waals surface area (Å²) < 4.78 is 0. The molecule has 0 heterocycles. The molecule has 4 heteroatoms. The van der Waals surface area contributed by atoms with E-state index < -0.39 is 0 Å². The van der Waals surface area contributed by atoms with Gasteiger partial charge in [0.05, 0.1) is 0 Å². The van der Waals surface area contributed by atoms with E-state index in [4.69, 9.17) is 0 Å². The van der Waals surface area contributed by atoms with Crippen LogP contribution in [0.5, 0.6) is 0 Å². The third kappa shape index (κ3) is 7.37. The summed E-state index contributed by atoms with van der Waals surface area (Å²) in [5, 5.41) is 5.87. The minimum Gasteiger partial charge on any atom is -0.288 e. The molecule has 0 aromatic heterocycles. The van der Waals surface area contributed by atoms with Crippen LogP contribution in [0.15, 0.2) is 10.1 Å². The average molecular weight is 178 g/mol. The fourth-order valence-corrected chi connectivity index (χ4v) is 0.531. The number of hydrogen-bond acceptors (Lipinski definition) is 3. The third-order valence-electron chi connectivity index (χ3n) is 1.15. The Labute approximate surface area is 74.6 Å². The summed E-state index contributed by atoms with van der Waals surface area (Å²) in [5.74, 6) is 0. The number of hydrogen-bond donors (Lipinski definition) is 0. The molecule has 0 amide bonds. The van der Waals surface area contributed by atoms with Crippen molar-refractivity contribution in [1.82, 2.24) is 5.01 Å². The highest BCUT2D eigenvalue weighted by atomic mass is 35.5. The molecule has 0 aliphatic carbocycles. The fraction of sp³-hybridized carbons (Fsp3) is 0.857. The first-order valence-electron chi connectivity index (χ1n) is 3.72. The van der Waals surface area contributed by atoms with Crippen LogP contribution in [-0.2, 0) is 0 Å². The van der Waals surface area contributed by atoms with Gasteiger partial charge in [-0.15, -0.1) is 17.5 Å². The summed E-state index contributed by atoms with van der Waals surface area (Å²) in [6.07, 6.45) is 0. The predicted octanol–water partition coefficient (Wildman–Crippen LogP) is 1.86. The Balaban J connectivity index is 0. The van der Waals surface area contributed by atoms with Gasteiger partial charge in [0.15, 0.2) is 0 Å². The molecule has 0 spiro atoms. The number of nitrogens with zero attached hydrogens (tertiary/aromatic N) is 3. The van der Waals surface area contributed by atoms with Crippen molar-refractivity contribution in [2.45, 2.75) is 20.8 Å². The molecule has 0 rings (SSSR count). The van der Waals surface area contributed by atoms with Gasteiger partial charge in [-0.1, -0.05) is 0 Å². The highest BCUT2D eigenvalue weighted by Crippen LogP contribution is 1.83. The Hall–Kier alpha value is -0.530. The van der Waals surface area contributed by atoms with Gasteiger partial charge >= 0.3 is 0 Å². The van der Waals surface area contributed by atoms with Gasteiger partial charge in [0.1, 0.15) is 6.01 Å². The van der Waals surface area contributed by atoms with Crippen molar-refractivity contribution in [1.29, 1.82) is 0 Å². The maximum absolute atomic E-state index is 3.97. The van der Waals surface area contributed by atoms with Gasteiger partial charge in [-0.25, -0.2) is 4.99 Å². The van der Waals surface area contributed by atoms with Crippen molar-refractivity contribution in [3.63, 3.8) is 0 Å². The van der Waals surface area contributed by atoms with Gasteiger partial charge in [-0.3, -0.25) is 5.01 Å². The van der Waals surface area contributed by atoms with E-state index in [9.17, 15) is 0 Å². The maximum atomic E-state index is 3.97. The first-order valence-corrected chi connectivity index (χ1v) is 3.72. The molecule has 0 aromatic rings. The Bertz CT molecular complexity index is 126. The lowest BCUT2D eigenvalue weighted by Crippen LogP contribution is -2.14. The molecule has 0 saturated carbocycles. The van der Waals surface area contributed by atoms with Crippen LogP contribution in [0.25, 0.3) is 0 Å². The van der Waals surface area contributed by atoms with Crippen LogP contribution in [0, 0.1) is 0 Å². The average Bonchev–Trinajstić information content (AvgIpc) is 1.99. The van der Waals surface area contributed by atoms with Crippen molar-refractivity contribution in [2.75, 3.05) is 19.6 Å². The molecule has 0 aromatic carbocycles. The summed E-state index contributed by atoms with van der Waals surface area (Å²) >= 11 is 0. The predicted molar refractivity (Wildman–Crippen MR) is 50.6 cm³/mol. The quantitative estimate of drug-likeness (QED) is 0.476. The fourth-order valence-electron chi connectivity index (χ4n) is 0.531. The van der Waals surface area contributed by atoms with Crippen LogP contribution in [0.2, 0.25) is 0 Å². The molecule has 0 saturated heterocycles. The zero-order valence-electron chi connectivity index (χ0n) is 7.37. The monoisotopic (exact) mass is 177 g/mol. The summed E-state index contributed by atoms with van der Waals surface area (Å²) in [6.45, 7) is 8.67. The van der Waals surface area contributed by atoms with E-state index in [-0.39, 0.29) is 12.4 Å². The molecule has 0 unspecified atom stereocenters. The summed E-state index contributed by atoms with van der Waals surface area (Å²) in [5.41, 5.74) is 0. The summed E-state index contributed by atoms with van der Waals surface area (Å²) in [7, 11) is 0. The maximum Gasteiger partial charge on any atom is 0.114 e. The van der Waals surface area contributed by atoms with Gasteiger partial charge in [-0.05, 0) is 20.8 Å². The van der Waals surface area contributed by atoms with Crippen molar-refractivity contribution < 1.29 is 0 Å². The van der Waals surface area contributed by atoms with Gasteiger partial charge in [-0.2, -0.15) is 0 Å². The highest BCUT2D eigenvalue weighted by Gasteiger charge is 1.87. The summed E-state index contributed by atoms with van der Waals surface area (Å²) in [6, 6.07) is 2.61. The highest BCUT2D eigenvalue weighted by molar-refractivity contribution is 5.85. The summed E-state index contributed by atoms with van der Waals surface area (Å²) in [4.78, 5) is 3.85. The van der Waals surface area contributed by atoms with E-state index in [2.05, 4.69) is 29.9 Å². The first kappa shape index (κ1) is 13.1. The molecule has 0 aliphatic rings. The molecule has 0 bridgehead atoms. The van der Waals surface area contributed by atoms with E-state index in [1.165, 1.54) is 0 Å². The van der Waals surface area contributed by atoms with E-state index in [0.717, 1.165) is 19.6 Å². The van der Waals surface area contributed by atoms with E-state index in [1.807, 2.05) is 11.9 Å². The largest absolute Gasteiger partial charge is 0.288 e. The number of hydrazone groups is 1. The zero-order chi connectivity index (χ0) is 7.82. The van der Waals surface area contributed by atoms with Crippen molar-refractivity contribution in [3.05, 3.63) is 0 Å². The van der Waals surface area contributed by atoms with Crippen LogP contribution in [0.4, 0.5) is 0 Å². The van der Waals surface area contributed by atoms with Gasteiger partial charge < -0.3 is 0 Å². The van der Waals surface area contributed by atoms with E-state index in [0.29, 0.717) is 0 Å². The van der Waals surface area contributed by atoms with Crippen LogP contribution < -0.4 is 0 Å². The van der Waals surface area contributed by atoms with Crippen LogP contribution >= 0.6 is 12.4 Å². The molecule has 0 N–H and O–H groups in total. The Morgan fingerprint density at radius 2 is 1.73 bits per heavy atom.